The summed E-state index contributed by atoms with van der Waals surface area (Å²) in [6, 6.07) is 12.9. The van der Waals surface area contributed by atoms with Gasteiger partial charge >= 0.3 is 0 Å². The van der Waals surface area contributed by atoms with Crippen LogP contribution in [0.4, 0.5) is 17.1 Å². The molecule has 3 aromatic rings. The maximum atomic E-state index is 12.7. The van der Waals surface area contributed by atoms with Crippen LogP contribution < -0.4 is 15.5 Å². The number of benzene rings is 2. The second kappa shape index (κ2) is 8.10. The summed E-state index contributed by atoms with van der Waals surface area (Å²) in [4.78, 5) is 35.3. The van der Waals surface area contributed by atoms with Crippen LogP contribution in [0.25, 0.3) is 0 Å². The van der Waals surface area contributed by atoms with Gasteiger partial charge in [-0.1, -0.05) is 12.1 Å². The third-order valence-electron chi connectivity index (χ3n) is 4.87. The molecule has 1 aromatic heterocycles. The molecular formula is C22H21N5O2. The number of aromatic nitrogens is 2. The number of carbonyl (C=O) groups is 2. The molecule has 0 spiro atoms. The maximum absolute atomic E-state index is 12.7. The molecule has 0 fully saturated rings. The van der Waals surface area contributed by atoms with Gasteiger partial charge in [-0.2, -0.15) is 0 Å². The molecule has 0 unspecified atom stereocenters. The second-order valence-electron chi connectivity index (χ2n) is 6.70. The van der Waals surface area contributed by atoms with E-state index in [-0.39, 0.29) is 11.8 Å². The number of hydrogen-bond acceptors (Lipinski definition) is 5. The van der Waals surface area contributed by atoms with Crippen LogP contribution in [0.1, 0.15) is 33.2 Å². The highest BCUT2D eigenvalue weighted by Crippen LogP contribution is 2.37. The van der Waals surface area contributed by atoms with E-state index in [1.54, 1.807) is 30.6 Å². The van der Waals surface area contributed by atoms with Crippen molar-refractivity contribution in [1.29, 1.82) is 0 Å². The smallest absolute Gasteiger partial charge is 0.257 e. The Morgan fingerprint density at radius 2 is 1.90 bits per heavy atom. The molecule has 0 saturated carbocycles. The van der Waals surface area contributed by atoms with Gasteiger partial charge in [0.05, 0.1) is 22.6 Å². The van der Waals surface area contributed by atoms with Gasteiger partial charge in [-0.25, -0.2) is 9.97 Å². The van der Waals surface area contributed by atoms with Gasteiger partial charge in [0.2, 0.25) is 0 Å². The Kier molecular flexibility index (Phi) is 5.20. The van der Waals surface area contributed by atoms with Crippen LogP contribution in [0, 0.1) is 0 Å². The molecule has 0 bridgehead atoms. The summed E-state index contributed by atoms with van der Waals surface area (Å²) < 4.78 is 0. The van der Waals surface area contributed by atoms with E-state index in [4.69, 9.17) is 0 Å². The number of anilines is 3. The van der Waals surface area contributed by atoms with Crippen molar-refractivity contribution in [3.8, 4) is 0 Å². The molecule has 2 aromatic carbocycles. The van der Waals surface area contributed by atoms with Crippen LogP contribution in [-0.2, 0) is 6.42 Å². The molecule has 0 radical (unpaired) electrons. The fraction of sp³-hybridized carbons (Fsp3) is 0.182. The van der Waals surface area contributed by atoms with Gasteiger partial charge in [0.25, 0.3) is 11.8 Å². The normalized spacial score (nSPS) is 12.4. The van der Waals surface area contributed by atoms with Crippen LogP contribution in [0.15, 0.2) is 61.2 Å². The number of hydrogen-bond donors (Lipinski definition) is 2. The fourth-order valence-electron chi connectivity index (χ4n) is 3.46. The molecule has 0 atom stereocenters. The first-order chi connectivity index (χ1) is 14.2. The highest BCUT2D eigenvalue weighted by atomic mass is 16.2. The molecule has 146 valence electrons. The van der Waals surface area contributed by atoms with E-state index in [1.165, 1.54) is 6.33 Å². The number of rotatable bonds is 5. The van der Waals surface area contributed by atoms with E-state index in [9.17, 15) is 9.59 Å². The van der Waals surface area contributed by atoms with Gasteiger partial charge < -0.3 is 15.5 Å². The lowest BCUT2D eigenvalue weighted by molar-refractivity contribution is 0.0952. The number of fused-ring (bicyclic) bond motifs is 2. The number of amides is 2. The number of para-hydroxylation sites is 1. The molecule has 4 rings (SSSR count). The highest BCUT2D eigenvalue weighted by molar-refractivity contribution is 6.13. The van der Waals surface area contributed by atoms with E-state index >= 15 is 0 Å². The molecule has 2 heterocycles. The first kappa shape index (κ1) is 18.6. The third kappa shape index (κ3) is 3.80. The van der Waals surface area contributed by atoms with Gasteiger partial charge in [-0.15, -0.1) is 0 Å². The standard InChI is InChI=1S/C22H21N5O2/c1-2-27-19-6-4-3-5-17(19)22(29)26-18-11-16(7-8-20(18)27)21(28)25-10-9-15-12-23-14-24-13-15/h3-8,11-14H,2,9-10H2,1H3,(H,25,28)(H,26,29). The Labute approximate surface area is 168 Å². The summed E-state index contributed by atoms with van der Waals surface area (Å²) in [5, 5.41) is 5.85. The monoisotopic (exact) mass is 387 g/mol. The van der Waals surface area contributed by atoms with E-state index < -0.39 is 0 Å². The van der Waals surface area contributed by atoms with Crippen molar-refractivity contribution < 1.29 is 9.59 Å². The predicted molar refractivity (Wildman–Crippen MR) is 112 cm³/mol. The average molecular weight is 387 g/mol. The summed E-state index contributed by atoms with van der Waals surface area (Å²) in [5.74, 6) is -0.372. The third-order valence-corrected chi connectivity index (χ3v) is 4.87. The number of nitrogens with zero attached hydrogens (tertiary/aromatic N) is 3. The maximum Gasteiger partial charge on any atom is 0.257 e. The molecule has 1 aliphatic rings. The molecule has 2 N–H and O–H groups in total. The first-order valence-electron chi connectivity index (χ1n) is 9.51. The van der Waals surface area contributed by atoms with Crippen LogP contribution >= 0.6 is 0 Å². The molecule has 7 nitrogen and oxygen atoms in total. The topological polar surface area (TPSA) is 87.2 Å². The summed E-state index contributed by atoms with van der Waals surface area (Å²) in [6.45, 7) is 3.20. The van der Waals surface area contributed by atoms with Crippen LogP contribution in [0.2, 0.25) is 0 Å². The fourth-order valence-corrected chi connectivity index (χ4v) is 3.46. The van der Waals surface area contributed by atoms with E-state index in [0.29, 0.717) is 36.3 Å². The zero-order valence-corrected chi connectivity index (χ0v) is 16.1. The van der Waals surface area contributed by atoms with Crippen molar-refractivity contribution in [3.63, 3.8) is 0 Å². The second-order valence-corrected chi connectivity index (χ2v) is 6.70. The summed E-state index contributed by atoms with van der Waals surface area (Å²) in [5.41, 5.74) is 4.41. The molecule has 0 saturated heterocycles. The lowest BCUT2D eigenvalue weighted by atomic mass is 10.1. The minimum atomic E-state index is -0.191. The minimum Gasteiger partial charge on any atom is -0.352 e. The van der Waals surface area contributed by atoms with Crippen LogP contribution in [0.3, 0.4) is 0 Å². The van der Waals surface area contributed by atoms with Gasteiger partial charge in [-0.05, 0) is 49.2 Å². The summed E-state index contributed by atoms with van der Waals surface area (Å²) >= 11 is 0. The zero-order valence-electron chi connectivity index (χ0n) is 16.1. The van der Waals surface area contributed by atoms with E-state index in [2.05, 4.69) is 25.5 Å². The van der Waals surface area contributed by atoms with Gasteiger partial charge in [0.15, 0.2) is 0 Å². The molecule has 0 aliphatic carbocycles. The minimum absolute atomic E-state index is 0.181. The highest BCUT2D eigenvalue weighted by Gasteiger charge is 2.24. The van der Waals surface area contributed by atoms with Crippen molar-refractivity contribution in [2.45, 2.75) is 13.3 Å². The number of carbonyl (C=O) groups excluding carboxylic acids is 2. The van der Waals surface area contributed by atoms with Crippen molar-refractivity contribution in [2.75, 3.05) is 23.3 Å². The Morgan fingerprint density at radius 1 is 1.10 bits per heavy atom. The lowest BCUT2D eigenvalue weighted by Gasteiger charge is -2.24. The molecular weight excluding hydrogens is 366 g/mol. The average Bonchev–Trinajstić information content (AvgIpc) is 2.87. The van der Waals surface area contributed by atoms with Crippen molar-refractivity contribution >= 4 is 28.9 Å². The van der Waals surface area contributed by atoms with Crippen molar-refractivity contribution in [2.24, 2.45) is 0 Å². The lowest BCUT2D eigenvalue weighted by Crippen LogP contribution is -2.26. The van der Waals surface area contributed by atoms with Gasteiger partial charge in [-0.3, -0.25) is 9.59 Å². The van der Waals surface area contributed by atoms with Gasteiger partial charge in [0, 0.05) is 31.0 Å². The van der Waals surface area contributed by atoms with Crippen molar-refractivity contribution in [1.82, 2.24) is 15.3 Å². The Morgan fingerprint density at radius 3 is 2.69 bits per heavy atom. The molecule has 29 heavy (non-hydrogen) atoms. The first-order valence-corrected chi connectivity index (χ1v) is 9.51. The summed E-state index contributed by atoms with van der Waals surface area (Å²) in [7, 11) is 0. The Balaban J connectivity index is 1.54. The SMILES string of the molecule is CCN1c2ccc(C(=O)NCCc3cncnc3)cc2NC(=O)c2ccccc21. The quantitative estimate of drug-likeness (QED) is 0.702. The van der Waals surface area contributed by atoms with E-state index in [1.807, 2.05) is 31.2 Å². The Bertz CT molecular complexity index is 1050. The largest absolute Gasteiger partial charge is 0.352 e. The predicted octanol–water partition coefficient (Wildman–Crippen LogP) is 3.17. The van der Waals surface area contributed by atoms with E-state index in [0.717, 1.165) is 16.9 Å². The Hall–Kier alpha value is -3.74. The molecule has 7 heteroatoms. The van der Waals surface area contributed by atoms with Crippen LogP contribution in [0.5, 0.6) is 0 Å². The molecule has 1 aliphatic heterocycles. The summed E-state index contributed by atoms with van der Waals surface area (Å²) in [6.07, 6.45) is 5.58. The number of nitrogens with one attached hydrogen (secondary N) is 2. The van der Waals surface area contributed by atoms with Gasteiger partial charge in [0.1, 0.15) is 6.33 Å². The zero-order chi connectivity index (χ0) is 20.2. The molecule has 2 amide bonds. The van der Waals surface area contributed by atoms with Crippen LogP contribution in [-0.4, -0.2) is 34.9 Å². The van der Waals surface area contributed by atoms with Crippen molar-refractivity contribution in [3.05, 3.63) is 77.9 Å².